The lowest BCUT2D eigenvalue weighted by Gasteiger charge is -2.09. The van der Waals surface area contributed by atoms with Crippen molar-refractivity contribution in [3.8, 4) is 5.75 Å². The second kappa shape index (κ2) is 6.62. The standard InChI is InChI=1S/C16H17NO4S/c1-12-3-7-14(8-4-12)21-11-16(18)17-22(19,20)15-9-5-13(2)6-10-15/h3-10H,11H2,1-2H3,(H,17,18). The zero-order valence-corrected chi connectivity index (χ0v) is 13.2. The van der Waals surface area contributed by atoms with E-state index in [0.717, 1.165) is 11.1 Å². The molecule has 0 aliphatic rings. The Morgan fingerprint density at radius 3 is 2.00 bits per heavy atom. The van der Waals surface area contributed by atoms with Crippen molar-refractivity contribution in [2.45, 2.75) is 18.7 Å². The lowest BCUT2D eigenvalue weighted by atomic mass is 10.2. The van der Waals surface area contributed by atoms with Crippen LogP contribution in [-0.2, 0) is 14.8 Å². The van der Waals surface area contributed by atoms with E-state index in [9.17, 15) is 13.2 Å². The van der Waals surface area contributed by atoms with E-state index >= 15 is 0 Å². The van der Waals surface area contributed by atoms with Crippen LogP contribution >= 0.6 is 0 Å². The van der Waals surface area contributed by atoms with E-state index in [0.29, 0.717) is 5.75 Å². The maximum absolute atomic E-state index is 12.0. The lowest BCUT2D eigenvalue weighted by molar-refractivity contribution is -0.121. The van der Waals surface area contributed by atoms with Gasteiger partial charge in [-0.2, -0.15) is 0 Å². The Morgan fingerprint density at radius 1 is 0.955 bits per heavy atom. The van der Waals surface area contributed by atoms with Gasteiger partial charge in [0.05, 0.1) is 4.90 Å². The van der Waals surface area contributed by atoms with Crippen molar-refractivity contribution in [3.63, 3.8) is 0 Å². The normalized spacial score (nSPS) is 11.0. The summed E-state index contributed by atoms with van der Waals surface area (Å²) in [5, 5.41) is 0. The molecule has 0 bridgehead atoms. The largest absolute Gasteiger partial charge is 0.484 e. The molecule has 0 unspecified atom stereocenters. The minimum absolute atomic E-state index is 0.0433. The average Bonchev–Trinajstić information content (AvgIpc) is 2.46. The highest BCUT2D eigenvalue weighted by Gasteiger charge is 2.17. The predicted molar refractivity (Wildman–Crippen MR) is 83.2 cm³/mol. The molecule has 116 valence electrons. The molecule has 0 saturated heterocycles. The maximum atomic E-state index is 12.0. The van der Waals surface area contributed by atoms with Crippen molar-refractivity contribution in [1.29, 1.82) is 0 Å². The molecule has 1 N–H and O–H groups in total. The van der Waals surface area contributed by atoms with Gasteiger partial charge in [0, 0.05) is 0 Å². The average molecular weight is 319 g/mol. The monoisotopic (exact) mass is 319 g/mol. The third kappa shape index (κ3) is 4.33. The topological polar surface area (TPSA) is 72.5 Å². The van der Waals surface area contributed by atoms with Crippen LogP contribution < -0.4 is 9.46 Å². The third-order valence-corrected chi connectivity index (χ3v) is 4.36. The van der Waals surface area contributed by atoms with Crippen molar-refractivity contribution in [1.82, 2.24) is 4.72 Å². The van der Waals surface area contributed by atoms with Crippen LogP contribution in [-0.4, -0.2) is 20.9 Å². The summed E-state index contributed by atoms with van der Waals surface area (Å²) < 4.78 is 31.3. The molecular weight excluding hydrogens is 302 g/mol. The number of hydrogen-bond donors (Lipinski definition) is 1. The van der Waals surface area contributed by atoms with Crippen molar-refractivity contribution < 1.29 is 17.9 Å². The number of hydrogen-bond acceptors (Lipinski definition) is 4. The summed E-state index contributed by atoms with van der Waals surface area (Å²) in [5.41, 5.74) is 2.01. The fourth-order valence-corrected chi connectivity index (χ4v) is 2.71. The molecule has 6 heteroatoms. The van der Waals surface area contributed by atoms with Crippen LogP contribution in [0.3, 0.4) is 0 Å². The molecule has 0 fully saturated rings. The van der Waals surface area contributed by atoms with Crippen molar-refractivity contribution in [3.05, 3.63) is 59.7 Å². The summed E-state index contributed by atoms with van der Waals surface area (Å²) in [6.45, 7) is 3.42. The highest BCUT2D eigenvalue weighted by molar-refractivity contribution is 7.90. The van der Waals surface area contributed by atoms with Gasteiger partial charge in [-0.1, -0.05) is 35.4 Å². The van der Waals surface area contributed by atoms with Crippen LogP contribution in [0.2, 0.25) is 0 Å². The summed E-state index contributed by atoms with van der Waals surface area (Å²) in [4.78, 5) is 11.8. The Labute approximate surface area is 130 Å². The SMILES string of the molecule is Cc1ccc(OCC(=O)NS(=O)(=O)c2ccc(C)cc2)cc1. The molecule has 2 rings (SSSR count). The number of nitrogens with one attached hydrogen (secondary N) is 1. The number of aryl methyl sites for hydroxylation is 2. The summed E-state index contributed by atoms with van der Waals surface area (Å²) in [6, 6.07) is 13.4. The van der Waals surface area contributed by atoms with Crippen LogP contribution in [0.5, 0.6) is 5.75 Å². The predicted octanol–water partition coefficient (Wildman–Crippen LogP) is 2.19. The number of benzene rings is 2. The van der Waals surface area contributed by atoms with E-state index in [-0.39, 0.29) is 11.5 Å². The number of ether oxygens (including phenoxy) is 1. The first-order chi connectivity index (χ1) is 10.4. The zero-order chi connectivity index (χ0) is 16.2. The van der Waals surface area contributed by atoms with E-state index < -0.39 is 15.9 Å². The summed E-state index contributed by atoms with van der Waals surface area (Å²) in [6.07, 6.45) is 0. The van der Waals surface area contributed by atoms with Gasteiger partial charge in [-0.05, 0) is 38.1 Å². The molecule has 2 aromatic rings. The van der Waals surface area contributed by atoms with Gasteiger partial charge in [-0.3, -0.25) is 4.79 Å². The van der Waals surface area contributed by atoms with Gasteiger partial charge >= 0.3 is 0 Å². The molecule has 0 atom stereocenters. The molecule has 0 aliphatic carbocycles. The second-order valence-electron chi connectivity index (χ2n) is 4.94. The molecule has 0 saturated carbocycles. The summed E-state index contributed by atoms with van der Waals surface area (Å²) in [5.74, 6) is -0.213. The van der Waals surface area contributed by atoms with Crippen LogP contribution in [0.1, 0.15) is 11.1 Å². The number of rotatable bonds is 5. The van der Waals surface area contributed by atoms with Crippen molar-refractivity contribution >= 4 is 15.9 Å². The summed E-state index contributed by atoms with van der Waals surface area (Å²) in [7, 11) is -3.87. The van der Waals surface area contributed by atoms with Crippen LogP contribution in [0.25, 0.3) is 0 Å². The second-order valence-corrected chi connectivity index (χ2v) is 6.63. The molecule has 0 heterocycles. The number of carbonyl (C=O) groups excluding carboxylic acids is 1. The van der Waals surface area contributed by atoms with E-state index in [4.69, 9.17) is 4.74 Å². The Morgan fingerprint density at radius 2 is 1.45 bits per heavy atom. The van der Waals surface area contributed by atoms with Gasteiger partial charge in [-0.15, -0.1) is 0 Å². The lowest BCUT2D eigenvalue weighted by Crippen LogP contribution is -2.34. The van der Waals surface area contributed by atoms with Gasteiger partial charge in [0.1, 0.15) is 5.75 Å². The first-order valence-corrected chi connectivity index (χ1v) is 8.17. The number of carbonyl (C=O) groups is 1. The molecule has 2 aromatic carbocycles. The minimum Gasteiger partial charge on any atom is -0.484 e. The number of sulfonamides is 1. The van der Waals surface area contributed by atoms with E-state index in [2.05, 4.69) is 0 Å². The fourth-order valence-electron chi connectivity index (χ4n) is 1.74. The minimum atomic E-state index is -3.87. The first-order valence-electron chi connectivity index (χ1n) is 6.68. The van der Waals surface area contributed by atoms with Crippen molar-refractivity contribution in [2.24, 2.45) is 0 Å². The Balaban J connectivity index is 1.96. The maximum Gasteiger partial charge on any atom is 0.271 e. The van der Waals surface area contributed by atoms with E-state index in [1.165, 1.54) is 12.1 Å². The van der Waals surface area contributed by atoms with Crippen molar-refractivity contribution in [2.75, 3.05) is 6.61 Å². The Hall–Kier alpha value is -2.34. The van der Waals surface area contributed by atoms with Gasteiger partial charge in [0.15, 0.2) is 6.61 Å². The van der Waals surface area contributed by atoms with Crippen LogP contribution in [0, 0.1) is 13.8 Å². The van der Waals surface area contributed by atoms with E-state index in [1.807, 2.05) is 30.7 Å². The smallest absolute Gasteiger partial charge is 0.271 e. The summed E-state index contributed by atoms with van der Waals surface area (Å²) >= 11 is 0. The fraction of sp³-hybridized carbons (Fsp3) is 0.188. The zero-order valence-electron chi connectivity index (χ0n) is 12.4. The third-order valence-electron chi connectivity index (χ3n) is 2.97. The molecular formula is C16H17NO4S. The van der Waals surface area contributed by atoms with Crippen LogP contribution in [0.15, 0.2) is 53.4 Å². The van der Waals surface area contributed by atoms with Gasteiger partial charge in [0.2, 0.25) is 0 Å². The van der Waals surface area contributed by atoms with Gasteiger partial charge < -0.3 is 4.74 Å². The molecule has 1 amide bonds. The molecule has 0 radical (unpaired) electrons. The molecule has 0 spiro atoms. The van der Waals surface area contributed by atoms with E-state index in [1.54, 1.807) is 24.3 Å². The van der Waals surface area contributed by atoms with Gasteiger partial charge in [0.25, 0.3) is 15.9 Å². The molecule has 0 aliphatic heterocycles. The quantitative estimate of drug-likeness (QED) is 0.917. The highest BCUT2D eigenvalue weighted by atomic mass is 32.2. The Bertz CT molecular complexity index is 750. The highest BCUT2D eigenvalue weighted by Crippen LogP contribution is 2.12. The number of amides is 1. The van der Waals surface area contributed by atoms with Gasteiger partial charge in [-0.25, -0.2) is 13.1 Å². The Kier molecular flexibility index (Phi) is 4.82. The van der Waals surface area contributed by atoms with Crippen LogP contribution in [0.4, 0.5) is 0 Å². The first kappa shape index (κ1) is 16.0. The molecule has 5 nitrogen and oxygen atoms in total. The molecule has 22 heavy (non-hydrogen) atoms. The molecule has 0 aromatic heterocycles.